The first kappa shape index (κ1) is 19.8. The molecule has 0 aliphatic carbocycles. The van der Waals surface area contributed by atoms with Crippen molar-refractivity contribution < 1.29 is 14.7 Å². The Kier molecular flexibility index (Phi) is 6.32. The first-order chi connectivity index (χ1) is 14.0. The van der Waals surface area contributed by atoms with Crippen LogP contribution in [0.3, 0.4) is 0 Å². The molecule has 5 heteroatoms. The normalized spacial score (nSPS) is 10.9. The molecule has 29 heavy (non-hydrogen) atoms. The first-order valence-corrected chi connectivity index (χ1v) is 9.05. The van der Waals surface area contributed by atoms with E-state index in [9.17, 15) is 14.7 Å². The van der Waals surface area contributed by atoms with Gasteiger partial charge in [0.2, 0.25) is 5.78 Å². The van der Waals surface area contributed by atoms with Crippen molar-refractivity contribution in [1.82, 2.24) is 5.43 Å². The second-order valence-electron chi connectivity index (χ2n) is 6.39. The van der Waals surface area contributed by atoms with E-state index in [0.717, 1.165) is 22.8 Å². The number of ketones is 1. The Bertz CT molecular complexity index is 1010. The average Bonchev–Trinajstić information content (AvgIpc) is 2.75. The predicted octanol–water partition coefficient (Wildman–Crippen LogP) is 4.03. The fraction of sp³-hybridized carbons (Fsp3) is 0.0417. The number of nitrogens with one attached hydrogen (secondary N) is 1. The van der Waals surface area contributed by atoms with Gasteiger partial charge in [0.15, 0.2) is 0 Å². The lowest BCUT2D eigenvalue weighted by molar-refractivity contribution is -0.135. The molecule has 0 saturated carbocycles. The highest BCUT2D eigenvalue weighted by molar-refractivity contribution is 6.41. The fourth-order valence-electron chi connectivity index (χ4n) is 2.65. The van der Waals surface area contributed by atoms with Gasteiger partial charge in [-0.2, -0.15) is 5.10 Å². The standard InChI is InChI=1S/C24H20N2O3/c1-17-12-14-18(15-13-17)21(27)16-22(28)24(29)26-25-23(19-8-4-2-5-9-19)20-10-6-3-7-11-20/h2-16,27H,1H3,(H,26,29). The number of nitrogens with zero attached hydrogens (tertiary/aromatic N) is 1. The third-order valence-corrected chi connectivity index (χ3v) is 4.20. The molecule has 0 unspecified atom stereocenters. The fourth-order valence-corrected chi connectivity index (χ4v) is 2.65. The van der Waals surface area contributed by atoms with Crippen LogP contribution < -0.4 is 5.43 Å². The highest BCUT2D eigenvalue weighted by atomic mass is 16.3. The number of hydrazone groups is 1. The second-order valence-corrected chi connectivity index (χ2v) is 6.39. The number of aliphatic hydroxyl groups is 1. The summed E-state index contributed by atoms with van der Waals surface area (Å²) < 4.78 is 0. The summed E-state index contributed by atoms with van der Waals surface area (Å²) in [7, 11) is 0. The van der Waals surface area contributed by atoms with Crippen LogP contribution >= 0.6 is 0 Å². The van der Waals surface area contributed by atoms with Gasteiger partial charge in [-0.05, 0) is 6.92 Å². The molecule has 0 saturated heterocycles. The summed E-state index contributed by atoms with van der Waals surface area (Å²) in [6.07, 6.45) is 0.889. The Morgan fingerprint density at radius 3 is 1.83 bits per heavy atom. The molecule has 0 bridgehead atoms. The molecule has 0 spiro atoms. The zero-order valence-electron chi connectivity index (χ0n) is 15.9. The maximum atomic E-state index is 12.2. The van der Waals surface area contributed by atoms with Crippen molar-refractivity contribution in [2.45, 2.75) is 6.92 Å². The lowest BCUT2D eigenvalue weighted by Gasteiger charge is -2.07. The van der Waals surface area contributed by atoms with Crippen LogP contribution in [0.15, 0.2) is 96.1 Å². The van der Waals surface area contributed by atoms with Crippen molar-refractivity contribution in [3.05, 3.63) is 113 Å². The average molecular weight is 384 g/mol. The summed E-state index contributed by atoms with van der Waals surface area (Å²) in [5.74, 6) is -2.11. The molecule has 0 aliphatic rings. The smallest absolute Gasteiger partial charge is 0.311 e. The lowest BCUT2D eigenvalue weighted by atomic mass is 10.0. The summed E-state index contributed by atoms with van der Waals surface area (Å²) in [5, 5.41) is 14.3. The molecule has 0 heterocycles. The molecule has 0 aromatic heterocycles. The van der Waals surface area contributed by atoms with Crippen molar-refractivity contribution >= 4 is 23.2 Å². The molecule has 5 nitrogen and oxygen atoms in total. The molecular weight excluding hydrogens is 364 g/mol. The van der Waals surface area contributed by atoms with Crippen molar-refractivity contribution in [3.8, 4) is 0 Å². The minimum atomic E-state index is -0.937. The molecule has 1 amide bonds. The lowest BCUT2D eigenvalue weighted by Crippen LogP contribution is -2.27. The highest BCUT2D eigenvalue weighted by Crippen LogP contribution is 2.13. The molecule has 3 rings (SSSR count). The highest BCUT2D eigenvalue weighted by Gasteiger charge is 2.14. The number of amides is 1. The van der Waals surface area contributed by atoms with Gasteiger partial charge in [-0.3, -0.25) is 9.59 Å². The van der Waals surface area contributed by atoms with Gasteiger partial charge in [-0.25, -0.2) is 5.43 Å². The molecule has 0 radical (unpaired) electrons. The minimum absolute atomic E-state index is 0.277. The number of hydrogen-bond acceptors (Lipinski definition) is 4. The van der Waals surface area contributed by atoms with Gasteiger partial charge in [-0.15, -0.1) is 0 Å². The molecule has 3 aromatic rings. The Balaban J connectivity index is 1.80. The van der Waals surface area contributed by atoms with E-state index in [-0.39, 0.29) is 5.76 Å². The summed E-state index contributed by atoms with van der Waals surface area (Å²) >= 11 is 0. The van der Waals surface area contributed by atoms with Crippen LogP contribution in [-0.4, -0.2) is 22.5 Å². The van der Waals surface area contributed by atoms with Gasteiger partial charge in [0.05, 0.1) is 5.71 Å². The van der Waals surface area contributed by atoms with E-state index in [4.69, 9.17) is 0 Å². The number of aryl methyl sites for hydroxylation is 1. The summed E-state index contributed by atoms with van der Waals surface area (Å²) in [5.41, 5.74) is 5.88. The zero-order chi connectivity index (χ0) is 20.6. The molecular formula is C24H20N2O3. The molecule has 2 N–H and O–H groups in total. The van der Waals surface area contributed by atoms with Crippen LogP contribution in [0.2, 0.25) is 0 Å². The molecule has 0 atom stereocenters. The Morgan fingerprint density at radius 2 is 1.31 bits per heavy atom. The van der Waals surface area contributed by atoms with Crippen molar-refractivity contribution in [2.24, 2.45) is 5.10 Å². The number of rotatable bonds is 6. The quantitative estimate of drug-likeness (QED) is 0.221. The summed E-state index contributed by atoms with van der Waals surface area (Å²) in [6, 6.07) is 25.6. The van der Waals surface area contributed by atoms with E-state index < -0.39 is 11.7 Å². The van der Waals surface area contributed by atoms with Crippen molar-refractivity contribution in [3.63, 3.8) is 0 Å². The van der Waals surface area contributed by atoms with Gasteiger partial charge in [0.1, 0.15) is 5.76 Å². The second kappa shape index (κ2) is 9.28. The van der Waals surface area contributed by atoms with E-state index in [1.165, 1.54) is 0 Å². The molecule has 0 fully saturated rings. The van der Waals surface area contributed by atoms with Crippen LogP contribution in [0.5, 0.6) is 0 Å². The Labute approximate surface area is 169 Å². The van der Waals surface area contributed by atoms with Crippen molar-refractivity contribution in [1.29, 1.82) is 0 Å². The third-order valence-electron chi connectivity index (χ3n) is 4.20. The number of hydrogen-bond donors (Lipinski definition) is 2. The van der Waals surface area contributed by atoms with Crippen LogP contribution in [0.4, 0.5) is 0 Å². The number of benzene rings is 3. The Hall–Kier alpha value is -3.99. The summed E-state index contributed by atoms with van der Waals surface area (Å²) in [6.45, 7) is 1.91. The number of carbonyl (C=O) groups is 2. The van der Waals surface area contributed by atoms with Gasteiger partial charge in [0.25, 0.3) is 0 Å². The maximum absolute atomic E-state index is 12.2. The minimum Gasteiger partial charge on any atom is -0.507 e. The molecule has 144 valence electrons. The molecule has 3 aromatic carbocycles. The van der Waals surface area contributed by atoms with E-state index in [1.54, 1.807) is 24.3 Å². The monoisotopic (exact) mass is 384 g/mol. The third kappa shape index (κ3) is 5.26. The maximum Gasteiger partial charge on any atom is 0.311 e. The number of aliphatic hydroxyl groups excluding tert-OH is 1. The van der Waals surface area contributed by atoms with Crippen molar-refractivity contribution in [2.75, 3.05) is 0 Å². The van der Waals surface area contributed by atoms with Gasteiger partial charge in [-0.1, -0.05) is 90.5 Å². The van der Waals surface area contributed by atoms with Gasteiger partial charge < -0.3 is 5.11 Å². The van der Waals surface area contributed by atoms with Gasteiger partial charge >= 0.3 is 5.91 Å². The van der Waals surface area contributed by atoms with Crippen LogP contribution in [0.25, 0.3) is 5.76 Å². The number of carbonyl (C=O) groups excluding carboxylic acids is 2. The van der Waals surface area contributed by atoms with E-state index >= 15 is 0 Å². The van der Waals surface area contributed by atoms with E-state index in [0.29, 0.717) is 11.3 Å². The van der Waals surface area contributed by atoms with Crippen LogP contribution in [0, 0.1) is 6.92 Å². The predicted molar refractivity (Wildman–Crippen MR) is 113 cm³/mol. The summed E-state index contributed by atoms with van der Waals surface area (Å²) in [4.78, 5) is 24.4. The Morgan fingerprint density at radius 1 is 0.793 bits per heavy atom. The zero-order valence-corrected chi connectivity index (χ0v) is 15.9. The molecule has 0 aliphatic heterocycles. The van der Waals surface area contributed by atoms with E-state index in [2.05, 4.69) is 10.5 Å². The van der Waals surface area contributed by atoms with Crippen LogP contribution in [-0.2, 0) is 9.59 Å². The van der Waals surface area contributed by atoms with E-state index in [1.807, 2.05) is 67.6 Å². The van der Waals surface area contributed by atoms with Crippen LogP contribution in [0.1, 0.15) is 22.3 Å². The van der Waals surface area contributed by atoms with Gasteiger partial charge in [0, 0.05) is 22.8 Å². The first-order valence-electron chi connectivity index (χ1n) is 9.05. The topological polar surface area (TPSA) is 78.8 Å². The SMILES string of the molecule is Cc1ccc(C(O)=CC(=O)C(=O)NN=C(c2ccccc2)c2ccccc2)cc1. The largest absolute Gasteiger partial charge is 0.507 e.